The molecule has 10 heteroatoms. The summed E-state index contributed by atoms with van der Waals surface area (Å²) in [4.78, 5) is 4.85. The lowest BCUT2D eigenvalue weighted by atomic mass is 9.96. The van der Waals surface area contributed by atoms with E-state index >= 15 is 0 Å². The molecule has 9 nitrogen and oxygen atoms in total. The first-order valence-electron chi connectivity index (χ1n) is 13.3. The first-order chi connectivity index (χ1) is 18.1. The van der Waals surface area contributed by atoms with Gasteiger partial charge >= 0.3 is 0 Å². The van der Waals surface area contributed by atoms with E-state index in [0.29, 0.717) is 6.04 Å². The molecule has 4 aromatic rings. The second kappa shape index (κ2) is 9.25. The smallest absolute Gasteiger partial charge is 0.208 e. The molecule has 0 radical (unpaired) electrons. The van der Waals surface area contributed by atoms with Crippen LogP contribution in [0.1, 0.15) is 47.1 Å². The van der Waals surface area contributed by atoms with Crippen LogP contribution in [0.3, 0.4) is 0 Å². The van der Waals surface area contributed by atoms with Crippen molar-refractivity contribution < 1.29 is 4.74 Å². The van der Waals surface area contributed by atoms with E-state index in [-0.39, 0.29) is 0 Å². The van der Waals surface area contributed by atoms with Crippen LogP contribution >= 0.6 is 11.3 Å². The molecule has 3 aliphatic heterocycles. The fourth-order valence-electron chi connectivity index (χ4n) is 6.02. The summed E-state index contributed by atoms with van der Waals surface area (Å²) >= 11 is 1.67. The van der Waals surface area contributed by atoms with E-state index in [9.17, 15) is 0 Å². The van der Waals surface area contributed by atoms with Gasteiger partial charge in [-0.15, -0.1) is 10.2 Å². The van der Waals surface area contributed by atoms with Crippen LogP contribution < -0.4 is 9.80 Å². The van der Waals surface area contributed by atoms with Crippen molar-refractivity contribution in [3.8, 4) is 11.1 Å². The minimum atomic E-state index is 0.406. The lowest BCUT2D eigenvalue weighted by Crippen LogP contribution is -2.33. The van der Waals surface area contributed by atoms with Gasteiger partial charge in [0.1, 0.15) is 5.01 Å². The molecular weight excluding hydrogens is 484 g/mol. The maximum Gasteiger partial charge on any atom is 0.208 e. The third-order valence-corrected chi connectivity index (χ3v) is 8.78. The van der Waals surface area contributed by atoms with E-state index in [1.165, 1.54) is 28.1 Å². The molecular formula is C27H32N8OS. The third-order valence-electron chi connectivity index (χ3n) is 7.88. The van der Waals surface area contributed by atoms with E-state index in [4.69, 9.17) is 9.84 Å². The molecule has 0 aliphatic carbocycles. The zero-order valence-corrected chi connectivity index (χ0v) is 22.2. The Labute approximate surface area is 220 Å². The molecule has 3 aromatic heterocycles. The highest BCUT2D eigenvalue weighted by atomic mass is 32.1. The highest BCUT2D eigenvalue weighted by molar-refractivity contribution is 7.15. The molecule has 6 heterocycles. The van der Waals surface area contributed by atoms with Gasteiger partial charge in [-0.25, -0.2) is 0 Å². The minimum absolute atomic E-state index is 0.406. The summed E-state index contributed by atoms with van der Waals surface area (Å²) in [5, 5.41) is 20.5. The summed E-state index contributed by atoms with van der Waals surface area (Å²) in [5.41, 5.74) is 7.78. The van der Waals surface area contributed by atoms with Crippen molar-refractivity contribution in [3.63, 3.8) is 0 Å². The van der Waals surface area contributed by atoms with Gasteiger partial charge in [-0.05, 0) is 55.9 Å². The Morgan fingerprint density at radius 2 is 1.95 bits per heavy atom. The number of rotatable bonds is 4. The number of hydrogen-bond donors (Lipinski definition) is 0. The van der Waals surface area contributed by atoms with Crippen molar-refractivity contribution in [2.75, 3.05) is 36.1 Å². The van der Waals surface area contributed by atoms with Gasteiger partial charge in [-0.3, -0.25) is 9.36 Å². The molecule has 0 N–H and O–H groups in total. The highest BCUT2D eigenvalue weighted by Gasteiger charge is 2.33. The minimum Gasteiger partial charge on any atom is -0.381 e. The van der Waals surface area contributed by atoms with Crippen LogP contribution in [0, 0.1) is 6.92 Å². The number of ether oxygens (including phenoxy) is 1. The van der Waals surface area contributed by atoms with Crippen LogP contribution in [0.15, 0.2) is 30.6 Å². The average molecular weight is 517 g/mol. The Morgan fingerprint density at radius 1 is 1.05 bits per heavy atom. The van der Waals surface area contributed by atoms with Gasteiger partial charge in [-0.1, -0.05) is 17.4 Å². The summed E-state index contributed by atoms with van der Waals surface area (Å²) in [6.07, 6.45) is 9.24. The molecule has 37 heavy (non-hydrogen) atoms. The van der Waals surface area contributed by atoms with Gasteiger partial charge in [0.05, 0.1) is 18.8 Å². The molecule has 7 rings (SSSR count). The first-order valence-corrected chi connectivity index (χ1v) is 14.1. The molecule has 0 bridgehead atoms. The van der Waals surface area contributed by atoms with Crippen molar-refractivity contribution >= 4 is 28.0 Å². The van der Waals surface area contributed by atoms with Gasteiger partial charge in [0.15, 0.2) is 5.82 Å². The van der Waals surface area contributed by atoms with Crippen molar-refractivity contribution in [3.05, 3.63) is 52.4 Å². The highest BCUT2D eigenvalue weighted by Crippen LogP contribution is 2.41. The molecule has 1 aromatic carbocycles. The Bertz CT molecular complexity index is 1430. The summed E-state index contributed by atoms with van der Waals surface area (Å²) in [7, 11) is 1.97. The van der Waals surface area contributed by atoms with Gasteiger partial charge in [-0.2, -0.15) is 10.2 Å². The third kappa shape index (κ3) is 4.12. The van der Waals surface area contributed by atoms with Crippen LogP contribution in [0.4, 0.5) is 16.6 Å². The van der Waals surface area contributed by atoms with E-state index < -0.39 is 0 Å². The molecule has 0 spiro atoms. The molecule has 0 atom stereocenters. The number of fused-ring (bicyclic) bond motifs is 2. The fourth-order valence-corrected chi connectivity index (χ4v) is 6.73. The molecule has 0 amide bonds. The normalized spacial score (nSPS) is 18.2. The largest absolute Gasteiger partial charge is 0.381 e. The molecule has 1 fully saturated rings. The van der Waals surface area contributed by atoms with Crippen molar-refractivity contribution in [2.24, 2.45) is 7.05 Å². The van der Waals surface area contributed by atoms with Crippen LogP contribution in [0.25, 0.3) is 11.1 Å². The lowest BCUT2D eigenvalue weighted by Gasteiger charge is -2.33. The van der Waals surface area contributed by atoms with E-state index in [0.717, 1.165) is 86.5 Å². The van der Waals surface area contributed by atoms with Crippen LogP contribution in [-0.4, -0.2) is 56.1 Å². The van der Waals surface area contributed by atoms with E-state index in [2.05, 4.69) is 54.2 Å². The van der Waals surface area contributed by atoms with E-state index in [1.54, 1.807) is 11.3 Å². The summed E-state index contributed by atoms with van der Waals surface area (Å²) in [6, 6.07) is 7.26. The summed E-state index contributed by atoms with van der Waals surface area (Å²) in [6.45, 7) is 6.40. The second-order valence-electron chi connectivity index (χ2n) is 10.3. The number of hydrogen-bond acceptors (Lipinski definition) is 8. The number of nitrogens with zero attached hydrogens (tertiary/aromatic N) is 8. The van der Waals surface area contributed by atoms with Crippen molar-refractivity contribution in [2.45, 2.75) is 51.6 Å². The molecule has 3 aliphatic rings. The van der Waals surface area contributed by atoms with Gasteiger partial charge in [0.2, 0.25) is 5.13 Å². The Kier molecular flexibility index (Phi) is 5.73. The maximum absolute atomic E-state index is 5.68. The maximum atomic E-state index is 5.68. The first kappa shape index (κ1) is 22.9. The topological polar surface area (TPSA) is 77.1 Å². The Balaban J connectivity index is 1.29. The zero-order chi connectivity index (χ0) is 24.9. The molecule has 192 valence electrons. The molecule has 0 unspecified atom stereocenters. The summed E-state index contributed by atoms with van der Waals surface area (Å²) in [5.74, 6) is 1.11. The predicted molar refractivity (Wildman–Crippen MR) is 145 cm³/mol. The fraction of sp³-hybridized carbons (Fsp3) is 0.481. The zero-order valence-electron chi connectivity index (χ0n) is 21.4. The van der Waals surface area contributed by atoms with Crippen LogP contribution in [0.5, 0.6) is 0 Å². The lowest BCUT2D eigenvalue weighted by molar-refractivity contribution is 0.0654. The van der Waals surface area contributed by atoms with Gasteiger partial charge < -0.3 is 14.5 Å². The standard InChI is InChI=1S/C27H32N8OS/c1-18-29-30-27(37-18)33-11-7-25-23(17-33)26(31-35(25)22-8-12-36-13-9-22)34-10-3-4-20-14-19(5-6-24(20)34)21-15-28-32(2)16-21/h5-6,14-16,22H,3-4,7-13,17H2,1-2H3. The number of aromatic nitrogens is 6. The number of aryl methyl sites for hydroxylation is 3. The summed E-state index contributed by atoms with van der Waals surface area (Å²) < 4.78 is 9.90. The SMILES string of the molecule is Cc1nnc(N2CCc3c(c(N4CCCc5cc(-c6cnn(C)c6)ccc54)nn3C3CCOCC3)C2)s1. The Morgan fingerprint density at radius 3 is 2.73 bits per heavy atom. The monoisotopic (exact) mass is 516 g/mol. The van der Waals surface area contributed by atoms with Crippen molar-refractivity contribution in [1.29, 1.82) is 0 Å². The number of anilines is 3. The predicted octanol–water partition coefficient (Wildman–Crippen LogP) is 4.44. The van der Waals surface area contributed by atoms with E-state index in [1.807, 2.05) is 24.9 Å². The molecule has 0 saturated carbocycles. The average Bonchev–Trinajstić information content (AvgIpc) is 3.66. The van der Waals surface area contributed by atoms with Crippen LogP contribution in [-0.2, 0) is 31.2 Å². The van der Waals surface area contributed by atoms with Crippen LogP contribution in [0.2, 0.25) is 0 Å². The molecule has 1 saturated heterocycles. The Hall–Kier alpha value is -3.24. The van der Waals surface area contributed by atoms with Gasteiger partial charge in [0, 0.05) is 68.5 Å². The second-order valence-corrected chi connectivity index (χ2v) is 11.5. The van der Waals surface area contributed by atoms with Crippen molar-refractivity contribution in [1.82, 2.24) is 29.8 Å². The quantitative estimate of drug-likeness (QED) is 0.397. The number of benzene rings is 1. The van der Waals surface area contributed by atoms with Gasteiger partial charge in [0.25, 0.3) is 0 Å².